The van der Waals surface area contributed by atoms with Gasteiger partial charge in [-0.3, -0.25) is 4.79 Å². The SMILES string of the molecule is CO/C(=C/c1ccc(O)cc1)C(=O)NC(C(=O)O)C(C)O. The molecule has 0 aliphatic carbocycles. The molecule has 21 heavy (non-hydrogen) atoms. The Morgan fingerprint density at radius 2 is 1.86 bits per heavy atom. The van der Waals surface area contributed by atoms with E-state index in [-0.39, 0.29) is 11.5 Å². The second-order valence-electron chi connectivity index (χ2n) is 4.33. The highest BCUT2D eigenvalue weighted by molar-refractivity contribution is 5.98. The summed E-state index contributed by atoms with van der Waals surface area (Å²) in [4.78, 5) is 22.9. The maximum Gasteiger partial charge on any atom is 0.328 e. The van der Waals surface area contributed by atoms with Crippen LogP contribution in [-0.4, -0.2) is 46.5 Å². The summed E-state index contributed by atoms with van der Waals surface area (Å²) in [6.45, 7) is 1.26. The lowest BCUT2D eigenvalue weighted by molar-refractivity contribution is -0.144. The van der Waals surface area contributed by atoms with E-state index in [4.69, 9.17) is 9.84 Å². The lowest BCUT2D eigenvalue weighted by Gasteiger charge is -2.17. The Morgan fingerprint density at radius 1 is 1.29 bits per heavy atom. The van der Waals surface area contributed by atoms with Gasteiger partial charge in [-0.1, -0.05) is 12.1 Å². The third-order valence-electron chi connectivity index (χ3n) is 2.67. The van der Waals surface area contributed by atoms with Crippen LogP contribution in [0, 0.1) is 0 Å². The van der Waals surface area contributed by atoms with Crippen molar-refractivity contribution in [3.8, 4) is 5.75 Å². The number of hydrogen-bond donors (Lipinski definition) is 4. The van der Waals surface area contributed by atoms with E-state index in [1.54, 1.807) is 12.1 Å². The van der Waals surface area contributed by atoms with Gasteiger partial charge in [0.05, 0.1) is 13.2 Å². The minimum Gasteiger partial charge on any atom is -0.508 e. The summed E-state index contributed by atoms with van der Waals surface area (Å²) in [6, 6.07) is 4.56. The van der Waals surface area contributed by atoms with Crippen LogP contribution in [0.1, 0.15) is 12.5 Å². The average molecular weight is 295 g/mol. The second-order valence-corrected chi connectivity index (χ2v) is 4.33. The zero-order chi connectivity index (χ0) is 16.0. The van der Waals surface area contributed by atoms with Gasteiger partial charge < -0.3 is 25.4 Å². The molecule has 0 radical (unpaired) electrons. The van der Waals surface area contributed by atoms with Gasteiger partial charge in [0.2, 0.25) is 0 Å². The number of aliphatic carboxylic acids is 1. The highest BCUT2D eigenvalue weighted by Crippen LogP contribution is 2.13. The average Bonchev–Trinajstić information content (AvgIpc) is 2.43. The normalized spacial score (nSPS) is 14.1. The molecule has 0 fully saturated rings. The van der Waals surface area contributed by atoms with Crippen LogP contribution in [0.3, 0.4) is 0 Å². The van der Waals surface area contributed by atoms with Crippen molar-refractivity contribution >= 4 is 18.0 Å². The number of phenols is 1. The van der Waals surface area contributed by atoms with Gasteiger partial charge in [0.1, 0.15) is 5.75 Å². The number of carboxylic acids is 1. The Bertz CT molecular complexity index is 535. The van der Waals surface area contributed by atoms with Gasteiger partial charge in [-0.05, 0) is 30.7 Å². The van der Waals surface area contributed by atoms with Gasteiger partial charge in [-0.15, -0.1) is 0 Å². The standard InChI is InChI=1S/C14H17NO6/c1-8(16)12(14(19)20)15-13(18)11(21-2)7-9-3-5-10(17)6-4-9/h3-8,12,16-17H,1-2H3,(H,15,18)(H,19,20)/b11-7+. The first-order valence-corrected chi connectivity index (χ1v) is 6.11. The first-order chi connectivity index (χ1) is 9.85. The molecule has 1 rings (SSSR count). The molecule has 0 saturated carbocycles. The summed E-state index contributed by atoms with van der Waals surface area (Å²) in [5, 5.41) is 29.6. The fourth-order valence-electron chi connectivity index (χ4n) is 1.54. The Morgan fingerprint density at radius 3 is 2.29 bits per heavy atom. The van der Waals surface area contributed by atoms with E-state index in [0.717, 1.165) is 0 Å². The Balaban J connectivity index is 2.91. The molecule has 0 aliphatic rings. The first-order valence-electron chi connectivity index (χ1n) is 6.11. The van der Waals surface area contributed by atoms with E-state index in [2.05, 4.69) is 5.32 Å². The zero-order valence-corrected chi connectivity index (χ0v) is 11.6. The van der Waals surface area contributed by atoms with Crippen LogP contribution in [0.15, 0.2) is 30.0 Å². The maximum atomic E-state index is 11.9. The summed E-state index contributed by atoms with van der Waals surface area (Å²) in [5.74, 6) is -2.15. The van der Waals surface area contributed by atoms with E-state index in [0.29, 0.717) is 5.56 Å². The number of amides is 1. The summed E-state index contributed by atoms with van der Waals surface area (Å²) in [7, 11) is 1.27. The molecule has 4 N–H and O–H groups in total. The highest BCUT2D eigenvalue weighted by Gasteiger charge is 2.26. The third kappa shape index (κ3) is 4.81. The lowest BCUT2D eigenvalue weighted by atomic mass is 10.1. The number of hydrogen-bond acceptors (Lipinski definition) is 5. The minimum atomic E-state index is -1.43. The molecular weight excluding hydrogens is 278 g/mol. The number of aliphatic hydroxyl groups is 1. The Labute approximate surface area is 121 Å². The summed E-state index contributed by atoms with van der Waals surface area (Å²) in [6.07, 6.45) is 0.133. The molecule has 0 bridgehead atoms. The van der Waals surface area contributed by atoms with Crippen LogP contribution in [0.2, 0.25) is 0 Å². The quantitative estimate of drug-likeness (QED) is 0.444. The second kappa shape index (κ2) is 7.30. The number of carbonyl (C=O) groups excluding carboxylic acids is 1. The molecule has 0 spiro atoms. The summed E-state index contributed by atoms with van der Waals surface area (Å²) < 4.78 is 4.92. The van der Waals surface area contributed by atoms with Crippen LogP contribution in [0.25, 0.3) is 6.08 Å². The monoisotopic (exact) mass is 295 g/mol. The lowest BCUT2D eigenvalue weighted by Crippen LogP contribution is -2.48. The van der Waals surface area contributed by atoms with Crippen molar-refractivity contribution in [2.45, 2.75) is 19.1 Å². The summed E-state index contributed by atoms with van der Waals surface area (Å²) >= 11 is 0. The van der Waals surface area contributed by atoms with Crippen molar-refractivity contribution in [1.82, 2.24) is 5.32 Å². The molecule has 0 aliphatic heterocycles. The first kappa shape index (κ1) is 16.5. The number of phenolic OH excluding ortho intramolecular Hbond substituents is 1. The Kier molecular flexibility index (Phi) is 5.74. The van der Waals surface area contributed by atoms with Crippen molar-refractivity contribution in [3.05, 3.63) is 35.6 Å². The molecule has 0 heterocycles. The van der Waals surface area contributed by atoms with E-state index in [1.807, 2.05) is 0 Å². The molecule has 2 atom stereocenters. The van der Waals surface area contributed by atoms with Gasteiger partial charge in [0.25, 0.3) is 5.91 Å². The summed E-state index contributed by atoms with van der Waals surface area (Å²) in [5.41, 5.74) is 0.587. The molecule has 7 heteroatoms. The molecule has 2 unspecified atom stereocenters. The predicted octanol–water partition coefficient (Wildman–Crippen LogP) is 0.330. The van der Waals surface area contributed by atoms with Crippen molar-refractivity contribution in [2.24, 2.45) is 0 Å². The molecule has 1 aromatic rings. The van der Waals surface area contributed by atoms with E-state index < -0.39 is 24.0 Å². The van der Waals surface area contributed by atoms with Crippen LogP contribution >= 0.6 is 0 Å². The number of benzene rings is 1. The number of carboxylic acid groups (broad SMARTS) is 1. The number of rotatable bonds is 6. The van der Waals surface area contributed by atoms with Gasteiger partial charge >= 0.3 is 5.97 Å². The number of carbonyl (C=O) groups is 2. The van der Waals surface area contributed by atoms with Crippen molar-refractivity contribution in [3.63, 3.8) is 0 Å². The van der Waals surface area contributed by atoms with Gasteiger partial charge in [-0.25, -0.2) is 4.79 Å². The third-order valence-corrected chi connectivity index (χ3v) is 2.67. The number of methoxy groups -OCH3 is 1. The molecule has 1 amide bonds. The zero-order valence-electron chi connectivity index (χ0n) is 11.6. The minimum absolute atomic E-state index is 0.0793. The number of aliphatic hydroxyl groups excluding tert-OH is 1. The number of nitrogens with one attached hydrogen (secondary N) is 1. The molecule has 0 aromatic heterocycles. The molecule has 114 valence electrons. The van der Waals surface area contributed by atoms with Crippen molar-refractivity contribution in [2.75, 3.05) is 7.11 Å². The van der Waals surface area contributed by atoms with Crippen LogP contribution in [-0.2, 0) is 14.3 Å². The van der Waals surface area contributed by atoms with E-state index >= 15 is 0 Å². The van der Waals surface area contributed by atoms with E-state index in [9.17, 15) is 19.8 Å². The van der Waals surface area contributed by atoms with Crippen LogP contribution in [0.4, 0.5) is 0 Å². The van der Waals surface area contributed by atoms with Gasteiger partial charge in [-0.2, -0.15) is 0 Å². The molecule has 7 nitrogen and oxygen atoms in total. The van der Waals surface area contributed by atoms with Crippen LogP contribution in [0.5, 0.6) is 5.75 Å². The Hall–Kier alpha value is -2.54. The number of ether oxygens (including phenoxy) is 1. The largest absolute Gasteiger partial charge is 0.508 e. The fraction of sp³-hybridized carbons (Fsp3) is 0.286. The topological polar surface area (TPSA) is 116 Å². The molecule has 0 saturated heterocycles. The van der Waals surface area contributed by atoms with Gasteiger partial charge in [0, 0.05) is 0 Å². The predicted molar refractivity (Wildman–Crippen MR) is 74.3 cm³/mol. The van der Waals surface area contributed by atoms with Crippen molar-refractivity contribution < 1.29 is 29.6 Å². The molecular formula is C14H17NO6. The highest BCUT2D eigenvalue weighted by atomic mass is 16.5. The maximum absolute atomic E-state index is 11.9. The van der Waals surface area contributed by atoms with Crippen molar-refractivity contribution in [1.29, 1.82) is 0 Å². The van der Waals surface area contributed by atoms with Gasteiger partial charge in [0.15, 0.2) is 11.8 Å². The van der Waals surface area contributed by atoms with E-state index in [1.165, 1.54) is 32.2 Å². The smallest absolute Gasteiger partial charge is 0.328 e. The molecule has 1 aromatic carbocycles. The fourth-order valence-corrected chi connectivity index (χ4v) is 1.54. The van der Waals surface area contributed by atoms with Crippen LogP contribution < -0.4 is 5.32 Å². The number of aromatic hydroxyl groups is 1.